The van der Waals surface area contributed by atoms with Crippen LogP contribution in [0.4, 0.5) is 10.8 Å². The van der Waals surface area contributed by atoms with Crippen LogP contribution in [0, 0.1) is 6.92 Å². The topological polar surface area (TPSA) is 68.0 Å². The third-order valence-electron chi connectivity index (χ3n) is 3.04. The van der Waals surface area contributed by atoms with Crippen LogP contribution >= 0.6 is 22.9 Å². The number of anilines is 2. The molecule has 0 saturated heterocycles. The molecule has 0 saturated carbocycles. The predicted molar refractivity (Wildman–Crippen MR) is 88.2 cm³/mol. The van der Waals surface area contributed by atoms with Crippen LogP contribution in [0.3, 0.4) is 0 Å². The standard InChI is InChI=1S/C15H12ClN3OS/c1-8-5-6-11-12(7-8)21-15(18-11)19-14(20)13-9(16)3-2-4-10(13)17/h2-7H,17H2,1H3,(H,18,19,20). The number of nitrogens with zero attached hydrogens (tertiary/aromatic N) is 1. The van der Waals surface area contributed by atoms with Gasteiger partial charge in [-0.2, -0.15) is 0 Å². The molecule has 1 aromatic heterocycles. The number of thiazole rings is 1. The number of hydrogen-bond donors (Lipinski definition) is 2. The Morgan fingerprint density at radius 2 is 2.14 bits per heavy atom. The van der Waals surface area contributed by atoms with Crippen LogP contribution in [0.5, 0.6) is 0 Å². The van der Waals surface area contributed by atoms with Crippen molar-refractivity contribution in [2.45, 2.75) is 6.92 Å². The van der Waals surface area contributed by atoms with Gasteiger partial charge in [0.1, 0.15) is 0 Å². The first-order valence-electron chi connectivity index (χ1n) is 6.27. The molecule has 3 aromatic rings. The number of carbonyl (C=O) groups is 1. The number of aryl methyl sites for hydroxylation is 1. The summed E-state index contributed by atoms with van der Waals surface area (Å²) in [6, 6.07) is 10.9. The van der Waals surface area contributed by atoms with Gasteiger partial charge in [0.05, 0.1) is 20.8 Å². The molecular weight excluding hydrogens is 306 g/mol. The van der Waals surface area contributed by atoms with E-state index in [0.717, 1.165) is 15.8 Å². The van der Waals surface area contributed by atoms with Crippen molar-refractivity contribution in [3.63, 3.8) is 0 Å². The van der Waals surface area contributed by atoms with Crippen molar-refractivity contribution in [3.8, 4) is 0 Å². The minimum atomic E-state index is -0.353. The molecule has 1 heterocycles. The van der Waals surface area contributed by atoms with Crippen LogP contribution in [-0.4, -0.2) is 10.9 Å². The van der Waals surface area contributed by atoms with Gasteiger partial charge in [0.25, 0.3) is 5.91 Å². The van der Waals surface area contributed by atoms with Crippen molar-refractivity contribution in [3.05, 3.63) is 52.5 Å². The molecule has 0 spiro atoms. The molecule has 0 bridgehead atoms. The second-order valence-electron chi connectivity index (χ2n) is 4.65. The first-order chi connectivity index (χ1) is 10.0. The Kier molecular flexibility index (Phi) is 3.53. The third kappa shape index (κ3) is 2.70. The number of rotatable bonds is 2. The van der Waals surface area contributed by atoms with Gasteiger partial charge in [-0.25, -0.2) is 4.98 Å². The SMILES string of the molecule is Cc1ccc2nc(NC(=O)c3c(N)cccc3Cl)sc2c1. The Morgan fingerprint density at radius 1 is 1.33 bits per heavy atom. The van der Waals surface area contributed by atoms with Gasteiger partial charge in [0.2, 0.25) is 0 Å². The van der Waals surface area contributed by atoms with Gasteiger partial charge in [-0.15, -0.1) is 0 Å². The van der Waals surface area contributed by atoms with Crippen molar-refractivity contribution in [1.29, 1.82) is 0 Å². The highest BCUT2D eigenvalue weighted by molar-refractivity contribution is 7.22. The highest BCUT2D eigenvalue weighted by atomic mass is 35.5. The normalized spacial score (nSPS) is 10.8. The van der Waals surface area contributed by atoms with E-state index in [1.165, 1.54) is 11.3 Å². The number of fused-ring (bicyclic) bond motifs is 1. The number of carbonyl (C=O) groups excluding carboxylic acids is 1. The molecule has 6 heteroatoms. The second kappa shape index (κ2) is 5.35. The molecule has 106 valence electrons. The van der Waals surface area contributed by atoms with E-state index in [0.29, 0.717) is 15.8 Å². The minimum Gasteiger partial charge on any atom is -0.398 e. The van der Waals surface area contributed by atoms with E-state index in [9.17, 15) is 4.79 Å². The van der Waals surface area contributed by atoms with Crippen LogP contribution in [0.25, 0.3) is 10.2 Å². The lowest BCUT2D eigenvalue weighted by atomic mass is 10.1. The van der Waals surface area contributed by atoms with Gasteiger partial charge >= 0.3 is 0 Å². The number of hydrogen-bond acceptors (Lipinski definition) is 4. The predicted octanol–water partition coefficient (Wildman–Crippen LogP) is 4.09. The van der Waals surface area contributed by atoms with Crippen molar-refractivity contribution in [1.82, 2.24) is 4.98 Å². The summed E-state index contributed by atoms with van der Waals surface area (Å²) < 4.78 is 1.03. The lowest BCUT2D eigenvalue weighted by Crippen LogP contribution is -2.14. The Hall–Kier alpha value is -2.11. The van der Waals surface area contributed by atoms with Crippen LogP contribution in [0.1, 0.15) is 15.9 Å². The fraction of sp³-hybridized carbons (Fsp3) is 0.0667. The molecule has 4 nitrogen and oxygen atoms in total. The van der Waals surface area contributed by atoms with E-state index in [-0.39, 0.29) is 11.5 Å². The number of nitrogens with two attached hydrogens (primary N) is 1. The zero-order chi connectivity index (χ0) is 15.0. The zero-order valence-electron chi connectivity index (χ0n) is 11.2. The number of halogens is 1. The lowest BCUT2D eigenvalue weighted by molar-refractivity contribution is 0.102. The summed E-state index contributed by atoms with van der Waals surface area (Å²) in [6.07, 6.45) is 0. The Morgan fingerprint density at radius 3 is 2.90 bits per heavy atom. The summed E-state index contributed by atoms with van der Waals surface area (Å²) in [7, 11) is 0. The van der Waals surface area contributed by atoms with Crippen LogP contribution < -0.4 is 11.1 Å². The molecule has 0 fully saturated rings. The summed E-state index contributed by atoms with van der Waals surface area (Å²) in [4.78, 5) is 16.7. The Bertz CT molecular complexity index is 824. The number of amides is 1. The van der Waals surface area contributed by atoms with E-state index >= 15 is 0 Å². The fourth-order valence-electron chi connectivity index (χ4n) is 2.03. The zero-order valence-corrected chi connectivity index (χ0v) is 12.8. The average molecular weight is 318 g/mol. The van der Waals surface area contributed by atoms with Gasteiger partial charge in [-0.1, -0.05) is 35.1 Å². The molecule has 21 heavy (non-hydrogen) atoms. The highest BCUT2D eigenvalue weighted by Crippen LogP contribution is 2.28. The van der Waals surface area contributed by atoms with Crippen molar-refractivity contribution in [2.24, 2.45) is 0 Å². The van der Waals surface area contributed by atoms with Crippen molar-refractivity contribution in [2.75, 3.05) is 11.1 Å². The van der Waals surface area contributed by atoms with Gasteiger partial charge in [0.15, 0.2) is 5.13 Å². The highest BCUT2D eigenvalue weighted by Gasteiger charge is 2.15. The van der Waals surface area contributed by atoms with Crippen LogP contribution in [-0.2, 0) is 0 Å². The van der Waals surface area contributed by atoms with Crippen LogP contribution in [0.15, 0.2) is 36.4 Å². The van der Waals surface area contributed by atoms with E-state index in [4.69, 9.17) is 17.3 Å². The summed E-state index contributed by atoms with van der Waals surface area (Å²) in [6.45, 7) is 2.02. The molecule has 0 aliphatic rings. The molecular formula is C15H12ClN3OS. The average Bonchev–Trinajstić information content (AvgIpc) is 2.79. The molecule has 0 unspecified atom stereocenters. The smallest absolute Gasteiger partial charge is 0.261 e. The van der Waals surface area contributed by atoms with Crippen molar-refractivity contribution >= 4 is 49.9 Å². The maximum absolute atomic E-state index is 12.3. The maximum atomic E-state index is 12.3. The summed E-state index contributed by atoms with van der Waals surface area (Å²) in [5, 5.41) is 3.60. The fourth-order valence-corrected chi connectivity index (χ4v) is 3.25. The molecule has 3 N–H and O–H groups in total. The number of nitrogens with one attached hydrogen (secondary N) is 1. The summed E-state index contributed by atoms with van der Waals surface area (Å²) >= 11 is 7.45. The van der Waals surface area contributed by atoms with Gasteiger partial charge in [0, 0.05) is 5.69 Å². The molecule has 1 amide bonds. The van der Waals surface area contributed by atoms with E-state index in [2.05, 4.69) is 10.3 Å². The number of benzene rings is 2. The monoisotopic (exact) mass is 317 g/mol. The molecule has 3 rings (SSSR count). The van der Waals surface area contributed by atoms with Gasteiger partial charge < -0.3 is 5.73 Å². The minimum absolute atomic E-state index is 0.273. The van der Waals surface area contributed by atoms with Gasteiger partial charge in [-0.3, -0.25) is 10.1 Å². The largest absolute Gasteiger partial charge is 0.398 e. The third-order valence-corrected chi connectivity index (χ3v) is 4.29. The first-order valence-corrected chi connectivity index (χ1v) is 7.46. The molecule has 0 atom stereocenters. The number of nitrogen functional groups attached to an aromatic ring is 1. The van der Waals surface area contributed by atoms with Crippen LogP contribution in [0.2, 0.25) is 5.02 Å². The first kappa shape index (κ1) is 13.9. The van der Waals surface area contributed by atoms with E-state index in [1.54, 1.807) is 18.2 Å². The molecule has 0 aliphatic carbocycles. The molecule has 2 aromatic carbocycles. The van der Waals surface area contributed by atoms with E-state index in [1.807, 2.05) is 25.1 Å². The molecule has 0 aliphatic heterocycles. The Labute approximate surface area is 130 Å². The summed E-state index contributed by atoms with van der Waals surface area (Å²) in [5.41, 5.74) is 8.43. The maximum Gasteiger partial charge on any atom is 0.261 e. The summed E-state index contributed by atoms with van der Waals surface area (Å²) in [5.74, 6) is -0.353. The van der Waals surface area contributed by atoms with E-state index < -0.39 is 0 Å². The Balaban J connectivity index is 1.93. The van der Waals surface area contributed by atoms with Crippen molar-refractivity contribution < 1.29 is 4.79 Å². The lowest BCUT2D eigenvalue weighted by Gasteiger charge is -2.06. The van der Waals surface area contributed by atoms with Gasteiger partial charge in [-0.05, 0) is 36.8 Å². The quantitative estimate of drug-likeness (QED) is 0.699. The molecule has 0 radical (unpaired) electrons. The number of aromatic nitrogens is 1. The second-order valence-corrected chi connectivity index (χ2v) is 6.09.